The normalized spacial score (nSPS) is 18.6. The largest absolute Gasteiger partial charge is 0.428 e. The Hall–Kier alpha value is -1.36. The fourth-order valence-electron chi connectivity index (χ4n) is 1.72. The molecule has 0 radical (unpaired) electrons. The van der Waals surface area contributed by atoms with Crippen LogP contribution in [0.3, 0.4) is 0 Å². The number of hydrogen-bond acceptors (Lipinski definition) is 4. The van der Waals surface area contributed by atoms with Gasteiger partial charge in [0.1, 0.15) is 5.76 Å². The second-order valence-electron chi connectivity index (χ2n) is 3.77. The van der Waals surface area contributed by atoms with E-state index >= 15 is 0 Å². The summed E-state index contributed by atoms with van der Waals surface area (Å²) in [5.41, 5.74) is -0.313. The van der Waals surface area contributed by atoms with Crippen LogP contribution in [0.5, 0.6) is 0 Å². The fourth-order valence-corrected chi connectivity index (χ4v) is 3.28. The molecule has 0 bridgehead atoms. The van der Waals surface area contributed by atoms with Gasteiger partial charge in [0.2, 0.25) is 0 Å². The lowest BCUT2D eigenvalue weighted by atomic mass is 10.2. The van der Waals surface area contributed by atoms with E-state index in [4.69, 9.17) is 4.42 Å². The van der Waals surface area contributed by atoms with Crippen molar-refractivity contribution in [2.75, 3.05) is 5.75 Å². The molecule has 0 saturated heterocycles. The molecule has 0 saturated carbocycles. The van der Waals surface area contributed by atoms with E-state index in [-0.39, 0.29) is 16.2 Å². The molecule has 5 heteroatoms. The number of rotatable bonds is 0. The van der Waals surface area contributed by atoms with Gasteiger partial charge < -0.3 is 4.42 Å². The van der Waals surface area contributed by atoms with Crippen LogP contribution in [0.2, 0.25) is 0 Å². The summed E-state index contributed by atoms with van der Waals surface area (Å²) in [6, 6.07) is 1.44. The SMILES string of the molecule is Cc1cc2c(c(=O)o1)CC=CCCS2(=O)=O. The standard InChI is InChI=1S/C11H12O4S/c1-8-7-10-9(11(12)15-8)5-3-2-4-6-16(10,13)14/h2-3,7H,4-6H2,1H3. The average molecular weight is 240 g/mol. The zero-order chi connectivity index (χ0) is 11.8. The van der Waals surface area contributed by atoms with Gasteiger partial charge in [0.15, 0.2) is 9.84 Å². The number of hydrogen-bond donors (Lipinski definition) is 0. The molecule has 0 atom stereocenters. The monoisotopic (exact) mass is 240 g/mol. The van der Waals surface area contributed by atoms with Crippen LogP contribution in [0.15, 0.2) is 32.3 Å². The highest BCUT2D eigenvalue weighted by molar-refractivity contribution is 7.91. The van der Waals surface area contributed by atoms with Gasteiger partial charge in [0.05, 0.1) is 16.2 Å². The van der Waals surface area contributed by atoms with Gasteiger partial charge >= 0.3 is 5.63 Å². The van der Waals surface area contributed by atoms with Crippen LogP contribution in [-0.4, -0.2) is 14.2 Å². The molecule has 1 aliphatic rings. The van der Waals surface area contributed by atoms with Crippen LogP contribution in [0, 0.1) is 6.92 Å². The molecule has 0 aliphatic carbocycles. The van der Waals surface area contributed by atoms with Gasteiger partial charge in [0, 0.05) is 0 Å². The first kappa shape index (κ1) is 11.1. The van der Waals surface area contributed by atoms with Crippen molar-refractivity contribution < 1.29 is 12.8 Å². The summed E-state index contributed by atoms with van der Waals surface area (Å²) in [4.78, 5) is 11.7. The Balaban J connectivity index is 2.77. The molecule has 0 aromatic carbocycles. The molecule has 1 aromatic rings. The lowest BCUT2D eigenvalue weighted by Gasteiger charge is -2.10. The molecular weight excluding hydrogens is 228 g/mol. The second kappa shape index (κ2) is 3.90. The number of fused-ring (bicyclic) bond motifs is 1. The van der Waals surface area contributed by atoms with E-state index in [2.05, 4.69) is 0 Å². The molecule has 1 aromatic heterocycles. The van der Waals surface area contributed by atoms with E-state index in [1.807, 2.05) is 0 Å². The van der Waals surface area contributed by atoms with E-state index in [0.717, 1.165) is 0 Å². The molecule has 1 aliphatic heterocycles. The third kappa shape index (κ3) is 1.95. The Morgan fingerprint density at radius 1 is 1.31 bits per heavy atom. The highest BCUT2D eigenvalue weighted by Crippen LogP contribution is 2.19. The summed E-state index contributed by atoms with van der Waals surface area (Å²) in [5, 5.41) is 0. The number of allylic oxidation sites excluding steroid dienone is 2. The highest BCUT2D eigenvalue weighted by atomic mass is 32.2. The minimum absolute atomic E-state index is 0.0411. The first-order valence-corrected chi connectivity index (χ1v) is 6.67. The summed E-state index contributed by atoms with van der Waals surface area (Å²) in [5.74, 6) is 0.372. The molecular formula is C11H12O4S. The molecule has 0 amide bonds. The van der Waals surface area contributed by atoms with E-state index in [9.17, 15) is 13.2 Å². The molecule has 0 spiro atoms. The third-order valence-electron chi connectivity index (χ3n) is 2.51. The molecule has 0 N–H and O–H groups in total. The molecule has 4 nitrogen and oxygen atoms in total. The average Bonchev–Trinajstić information content (AvgIpc) is 2.17. The zero-order valence-electron chi connectivity index (χ0n) is 8.89. The fraction of sp³-hybridized carbons (Fsp3) is 0.364. The van der Waals surface area contributed by atoms with Crippen LogP contribution in [0.4, 0.5) is 0 Å². The van der Waals surface area contributed by atoms with Crippen molar-refractivity contribution in [2.24, 2.45) is 0 Å². The van der Waals surface area contributed by atoms with Gasteiger partial charge in [-0.2, -0.15) is 0 Å². The van der Waals surface area contributed by atoms with Gasteiger partial charge in [-0.05, 0) is 25.8 Å². The molecule has 86 valence electrons. The predicted octanol–water partition coefficient (Wildman–Crippen LogP) is 1.22. The first-order chi connectivity index (χ1) is 7.50. The van der Waals surface area contributed by atoms with Crippen molar-refractivity contribution >= 4 is 9.84 Å². The van der Waals surface area contributed by atoms with Crippen molar-refractivity contribution in [1.82, 2.24) is 0 Å². The maximum atomic E-state index is 11.9. The lowest BCUT2D eigenvalue weighted by Crippen LogP contribution is -2.18. The van der Waals surface area contributed by atoms with Crippen LogP contribution in [0.25, 0.3) is 0 Å². The van der Waals surface area contributed by atoms with Gasteiger partial charge in [-0.25, -0.2) is 13.2 Å². The molecule has 2 rings (SSSR count). The third-order valence-corrected chi connectivity index (χ3v) is 4.32. The molecule has 2 heterocycles. The quantitative estimate of drug-likeness (QED) is 0.640. The Bertz CT molecular complexity index is 593. The zero-order valence-corrected chi connectivity index (χ0v) is 9.71. The molecule has 0 unspecified atom stereocenters. The minimum atomic E-state index is -3.36. The van der Waals surface area contributed by atoms with Crippen molar-refractivity contribution in [3.63, 3.8) is 0 Å². The first-order valence-electron chi connectivity index (χ1n) is 5.02. The smallest absolute Gasteiger partial charge is 0.340 e. The maximum absolute atomic E-state index is 11.9. The van der Waals surface area contributed by atoms with Crippen molar-refractivity contribution in [1.29, 1.82) is 0 Å². The summed E-state index contributed by atoms with van der Waals surface area (Å²) in [6.07, 6.45) is 4.39. The van der Waals surface area contributed by atoms with Crippen LogP contribution < -0.4 is 5.63 Å². The Labute approximate surface area is 93.5 Å². The summed E-state index contributed by atoms with van der Waals surface area (Å²) >= 11 is 0. The lowest BCUT2D eigenvalue weighted by molar-refractivity contribution is 0.465. The van der Waals surface area contributed by atoms with E-state index < -0.39 is 15.5 Å². The van der Waals surface area contributed by atoms with Gasteiger partial charge in [-0.1, -0.05) is 12.2 Å². The predicted molar refractivity (Wildman–Crippen MR) is 59.2 cm³/mol. The highest BCUT2D eigenvalue weighted by Gasteiger charge is 2.22. The van der Waals surface area contributed by atoms with Gasteiger partial charge in [0.25, 0.3) is 0 Å². The van der Waals surface area contributed by atoms with Gasteiger partial charge in [-0.3, -0.25) is 0 Å². The van der Waals surface area contributed by atoms with Crippen molar-refractivity contribution in [2.45, 2.75) is 24.7 Å². The van der Waals surface area contributed by atoms with E-state index in [0.29, 0.717) is 18.6 Å². The summed E-state index contributed by atoms with van der Waals surface area (Å²) in [7, 11) is -3.36. The topological polar surface area (TPSA) is 64.3 Å². The Morgan fingerprint density at radius 3 is 2.81 bits per heavy atom. The summed E-state index contributed by atoms with van der Waals surface area (Å²) < 4.78 is 28.8. The molecule has 0 fully saturated rings. The minimum Gasteiger partial charge on any atom is -0.428 e. The number of aryl methyl sites for hydroxylation is 1. The Morgan fingerprint density at radius 2 is 2.06 bits per heavy atom. The Kier molecular flexibility index (Phi) is 2.71. The van der Waals surface area contributed by atoms with Crippen LogP contribution in [-0.2, 0) is 16.3 Å². The summed E-state index contributed by atoms with van der Waals surface area (Å²) in [6.45, 7) is 1.58. The van der Waals surface area contributed by atoms with E-state index in [1.165, 1.54) is 6.07 Å². The maximum Gasteiger partial charge on any atom is 0.340 e. The van der Waals surface area contributed by atoms with Gasteiger partial charge in [-0.15, -0.1) is 0 Å². The van der Waals surface area contributed by atoms with Crippen LogP contribution in [0.1, 0.15) is 17.7 Å². The van der Waals surface area contributed by atoms with E-state index in [1.54, 1.807) is 19.1 Å². The van der Waals surface area contributed by atoms with Crippen molar-refractivity contribution in [3.05, 3.63) is 40.0 Å². The van der Waals surface area contributed by atoms with Crippen molar-refractivity contribution in [3.8, 4) is 0 Å². The number of sulfone groups is 1. The second-order valence-corrected chi connectivity index (χ2v) is 5.85. The molecule has 16 heavy (non-hydrogen) atoms. The van der Waals surface area contributed by atoms with Crippen LogP contribution >= 0.6 is 0 Å².